The van der Waals surface area contributed by atoms with Crippen LogP contribution in [0.2, 0.25) is 0 Å². The van der Waals surface area contributed by atoms with Crippen molar-refractivity contribution in [2.75, 3.05) is 11.1 Å². The Bertz CT molecular complexity index is 1300. The molecule has 3 N–H and O–H groups in total. The van der Waals surface area contributed by atoms with Crippen LogP contribution in [0.4, 0.5) is 16.2 Å². The van der Waals surface area contributed by atoms with Crippen LogP contribution >= 0.6 is 0 Å². The van der Waals surface area contributed by atoms with Gasteiger partial charge in [-0.1, -0.05) is 18.2 Å². The first-order valence-electron chi connectivity index (χ1n) is 8.76. The third kappa shape index (κ3) is 3.17. The van der Waals surface area contributed by atoms with Crippen molar-refractivity contribution >= 4 is 17.3 Å². The Labute approximate surface area is 164 Å². The number of nitriles is 1. The molecule has 8 nitrogen and oxygen atoms in total. The molecule has 0 amide bonds. The monoisotopic (exact) mass is 389 g/mol. The number of nitrogen functional groups attached to an aromatic ring is 1. The van der Waals surface area contributed by atoms with Gasteiger partial charge in [-0.25, -0.2) is 9.37 Å². The van der Waals surface area contributed by atoms with E-state index in [4.69, 9.17) is 5.73 Å². The lowest BCUT2D eigenvalue weighted by Crippen LogP contribution is -2.27. The largest absolute Gasteiger partial charge is 0.368 e. The van der Waals surface area contributed by atoms with Gasteiger partial charge < -0.3 is 15.5 Å². The van der Waals surface area contributed by atoms with Crippen molar-refractivity contribution in [3.63, 3.8) is 0 Å². The average Bonchev–Trinajstić information content (AvgIpc) is 3.09. The summed E-state index contributed by atoms with van der Waals surface area (Å²) >= 11 is 0. The van der Waals surface area contributed by atoms with Gasteiger partial charge in [0.15, 0.2) is 5.82 Å². The molecule has 0 saturated heterocycles. The highest BCUT2D eigenvalue weighted by molar-refractivity contribution is 5.55. The van der Waals surface area contributed by atoms with Gasteiger partial charge in [0, 0.05) is 18.1 Å². The van der Waals surface area contributed by atoms with E-state index in [1.807, 2.05) is 12.1 Å². The first-order chi connectivity index (χ1) is 14.0. The number of nitrogens with zero attached hydrogens (tertiary/aromatic N) is 5. The van der Waals surface area contributed by atoms with Crippen molar-refractivity contribution in [2.24, 2.45) is 0 Å². The summed E-state index contributed by atoms with van der Waals surface area (Å²) in [6, 6.07) is 11.7. The zero-order chi connectivity index (χ0) is 20.5. The van der Waals surface area contributed by atoms with Crippen LogP contribution in [-0.2, 0) is 0 Å². The number of rotatable bonds is 4. The molecule has 0 radical (unpaired) electrons. The lowest BCUT2D eigenvalue weighted by Gasteiger charge is -2.21. The standard InChI is InChI=1S/C20H16FN7O/c1-12(25-18-13(9-22)10-24-20(23)26-18)16-11-27-8-7-15(21)17(27)19(29)28(16)14-5-3-2-4-6-14/h2-8,10-12H,1H3,(H3,23,24,25,26)/t12-/m0/s1. The molecule has 1 atom stereocenters. The van der Waals surface area contributed by atoms with E-state index < -0.39 is 17.4 Å². The number of nitrogens with two attached hydrogens (primary N) is 1. The molecule has 0 fully saturated rings. The molecular formula is C20H16FN7O. The highest BCUT2D eigenvalue weighted by Crippen LogP contribution is 2.23. The maximum absolute atomic E-state index is 14.2. The number of hydrogen-bond acceptors (Lipinski definition) is 6. The summed E-state index contributed by atoms with van der Waals surface area (Å²) in [5.41, 5.74) is 6.46. The van der Waals surface area contributed by atoms with Gasteiger partial charge in [-0.05, 0) is 25.1 Å². The summed E-state index contributed by atoms with van der Waals surface area (Å²) in [7, 11) is 0. The maximum Gasteiger partial charge on any atom is 0.282 e. The number of fused-ring (bicyclic) bond motifs is 1. The lowest BCUT2D eigenvalue weighted by atomic mass is 10.2. The first-order valence-corrected chi connectivity index (χ1v) is 8.76. The highest BCUT2D eigenvalue weighted by Gasteiger charge is 2.20. The number of hydrogen-bond donors (Lipinski definition) is 2. The van der Waals surface area contributed by atoms with E-state index in [-0.39, 0.29) is 22.8 Å². The normalized spacial score (nSPS) is 11.9. The van der Waals surface area contributed by atoms with Gasteiger partial charge in [0.2, 0.25) is 5.95 Å². The summed E-state index contributed by atoms with van der Waals surface area (Å²) in [5.74, 6) is -0.331. The second kappa shape index (κ2) is 7.09. The number of benzene rings is 1. The summed E-state index contributed by atoms with van der Waals surface area (Å²) in [5, 5.41) is 12.4. The Hall–Kier alpha value is -4.19. The van der Waals surface area contributed by atoms with Crippen molar-refractivity contribution in [3.8, 4) is 11.8 Å². The molecule has 0 bridgehead atoms. The lowest BCUT2D eigenvalue weighted by molar-refractivity contribution is 0.636. The molecule has 3 aromatic heterocycles. The number of nitrogens with one attached hydrogen (secondary N) is 1. The topological polar surface area (TPSA) is 114 Å². The fraction of sp³-hybridized carbons (Fsp3) is 0.100. The Balaban J connectivity index is 1.90. The van der Waals surface area contributed by atoms with Gasteiger partial charge in [-0.2, -0.15) is 10.2 Å². The molecule has 9 heteroatoms. The molecular weight excluding hydrogens is 373 g/mol. The molecule has 0 aliphatic rings. The smallest absolute Gasteiger partial charge is 0.282 e. The van der Waals surface area contributed by atoms with Crippen LogP contribution in [0.3, 0.4) is 0 Å². The molecule has 29 heavy (non-hydrogen) atoms. The van der Waals surface area contributed by atoms with Gasteiger partial charge in [-0.3, -0.25) is 9.36 Å². The van der Waals surface area contributed by atoms with Crippen LogP contribution in [0.1, 0.15) is 24.2 Å². The van der Waals surface area contributed by atoms with Gasteiger partial charge in [0.1, 0.15) is 23.0 Å². The van der Waals surface area contributed by atoms with E-state index in [0.717, 1.165) is 0 Å². The van der Waals surface area contributed by atoms with E-state index in [0.29, 0.717) is 11.4 Å². The van der Waals surface area contributed by atoms with Crippen molar-refractivity contribution in [2.45, 2.75) is 13.0 Å². The second-order valence-corrected chi connectivity index (χ2v) is 6.42. The Morgan fingerprint density at radius 1 is 1.28 bits per heavy atom. The fourth-order valence-electron chi connectivity index (χ4n) is 3.18. The number of para-hydroxylation sites is 1. The van der Waals surface area contributed by atoms with Gasteiger partial charge in [0.05, 0.1) is 17.9 Å². The molecule has 0 unspecified atom stereocenters. The van der Waals surface area contributed by atoms with Crippen LogP contribution < -0.4 is 16.6 Å². The van der Waals surface area contributed by atoms with Gasteiger partial charge >= 0.3 is 0 Å². The fourth-order valence-corrected chi connectivity index (χ4v) is 3.18. The van der Waals surface area contributed by atoms with Crippen molar-refractivity contribution in [1.82, 2.24) is 18.9 Å². The van der Waals surface area contributed by atoms with E-state index in [1.54, 1.807) is 37.4 Å². The zero-order valence-electron chi connectivity index (χ0n) is 15.4. The van der Waals surface area contributed by atoms with Crippen molar-refractivity contribution < 1.29 is 4.39 Å². The van der Waals surface area contributed by atoms with Crippen LogP contribution in [0, 0.1) is 17.1 Å². The van der Waals surface area contributed by atoms with E-state index in [1.165, 1.54) is 27.4 Å². The first kappa shape index (κ1) is 18.2. The maximum atomic E-state index is 14.2. The Kier molecular flexibility index (Phi) is 4.44. The number of anilines is 2. The van der Waals surface area contributed by atoms with Crippen LogP contribution in [0.5, 0.6) is 0 Å². The van der Waals surface area contributed by atoms with Crippen molar-refractivity contribution in [3.05, 3.63) is 82.4 Å². The molecule has 0 aliphatic heterocycles. The highest BCUT2D eigenvalue weighted by atomic mass is 19.1. The Morgan fingerprint density at radius 2 is 2.03 bits per heavy atom. The van der Waals surface area contributed by atoms with Crippen LogP contribution in [-0.4, -0.2) is 18.9 Å². The molecule has 4 aromatic rings. The number of halogens is 1. The summed E-state index contributed by atoms with van der Waals surface area (Å²) < 4.78 is 17.1. The minimum atomic E-state index is -0.595. The molecule has 0 spiro atoms. The summed E-state index contributed by atoms with van der Waals surface area (Å²) in [6.07, 6.45) is 4.48. The molecule has 1 aromatic carbocycles. The average molecular weight is 389 g/mol. The SMILES string of the molecule is C[C@H](Nc1nc(N)ncc1C#N)c1cn2ccc(F)c2c(=O)n1-c1ccccc1. The van der Waals surface area contributed by atoms with E-state index >= 15 is 0 Å². The summed E-state index contributed by atoms with van der Waals surface area (Å²) in [4.78, 5) is 21.0. The predicted molar refractivity (Wildman–Crippen MR) is 106 cm³/mol. The quantitative estimate of drug-likeness (QED) is 0.555. The minimum Gasteiger partial charge on any atom is -0.368 e. The molecule has 4 rings (SSSR count). The van der Waals surface area contributed by atoms with E-state index in [9.17, 15) is 14.4 Å². The van der Waals surface area contributed by atoms with Gasteiger partial charge in [-0.15, -0.1) is 0 Å². The number of aromatic nitrogens is 4. The Morgan fingerprint density at radius 3 is 2.76 bits per heavy atom. The molecule has 0 saturated carbocycles. The van der Waals surface area contributed by atoms with Gasteiger partial charge in [0.25, 0.3) is 5.56 Å². The minimum absolute atomic E-state index is 0.0158. The second-order valence-electron chi connectivity index (χ2n) is 6.42. The van der Waals surface area contributed by atoms with Crippen LogP contribution in [0.15, 0.2) is 59.8 Å². The van der Waals surface area contributed by atoms with Crippen LogP contribution in [0.25, 0.3) is 11.2 Å². The van der Waals surface area contributed by atoms with E-state index in [2.05, 4.69) is 15.3 Å². The third-order valence-electron chi connectivity index (χ3n) is 4.54. The molecule has 144 valence electrons. The summed E-state index contributed by atoms with van der Waals surface area (Å²) in [6.45, 7) is 1.80. The predicted octanol–water partition coefficient (Wildman–Crippen LogP) is 2.65. The molecule has 0 aliphatic carbocycles. The zero-order valence-corrected chi connectivity index (χ0v) is 15.4. The third-order valence-corrected chi connectivity index (χ3v) is 4.54. The molecule has 3 heterocycles. The van der Waals surface area contributed by atoms with Crippen molar-refractivity contribution in [1.29, 1.82) is 5.26 Å².